The van der Waals surface area contributed by atoms with Crippen LogP contribution in [0.2, 0.25) is 5.02 Å². The second-order valence-corrected chi connectivity index (χ2v) is 6.90. The quantitative estimate of drug-likeness (QED) is 0.833. The first-order chi connectivity index (χ1) is 9.85. The van der Waals surface area contributed by atoms with Crippen LogP contribution in [0.15, 0.2) is 39.8 Å². The standard InChI is InChI=1S/C12H10BrClFN3O2S/c1-16-12-9(14)5-7(6-17-12)21(19,20)18-11-8(13)3-2-4-10(11)15/h2-6,18H,1H3,(H,16,17). The average Bonchev–Trinajstić information content (AvgIpc) is 2.43. The number of halogens is 3. The molecule has 0 aliphatic carbocycles. The highest BCUT2D eigenvalue weighted by Crippen LogP contribution is 2.29. The molecule has 0 aliphatic heterocycles. The maximum atomic E-state index is 13.7. The topological polar surface area (TPSA) is 71.1 Å². The van der Waals surface area contributed by atoms with Crippen molar-refractivity contribution in [2.75, 3.05) is 17.1 Å². The van der Waals surface area contributed by atoms with E-state index in [2.05, 4.69) is 31.0 Å². The number of nitrogens with zero attached hydrogens (tertiary/aromatic N) is 1. The molecule has 0 saturated heterocycles. The summed E-state index contributed by atoms with van der Waals surface area (Å²) in [6.07, 6.45) is 1.13. The first kappa shape index (κ1) is 16.0. The van der Waals surface area contributed by atoms with Gasteiger partial charge in [-0.15, -0.1) is 0 Å². The van der Waals surface area contributed by atoms with Crippen molar-refractivity contribution in [3.05, 3.63) is 45.8 Å². The first-order valence-electron chi connectivity index (χ1n) is 5.65. The fourth-order valence-corrected chi connectivity index (χ4v) is 3.50. The molecule has 2 aromatic rings. The third-order valence-electron chi connectivity index (χ3n) is 2.56. The molecule has 112 valence electrons. The summed E-state index contributed by atoms with van der Waals surface area (Å²) in [6, 6.07) is 5.36. The van der Waals surface area contributed by atoms with E-state index in [-0.39, 0.29) is 20.1 Å². The van der Waals surface area contributed by atoms with Crippen LogP contribution >= 0.6 is 27.5 Å². The van der Waals surface area contributed by atoms with Crippen LogP contribution in [0.1, 0.15) is 0 Å². The molecule has 21 heavy (non-hydrogen) atoms. The highest BCUT2D eigenvalue weighted by molar-refractivity contribution is 9.10. The van der Waals surface area contributed by atoms with E-state index < -0.39 is 15.8 Å². The predicted molar refractivity (Wildman–Crippen MR) is 83.7 cm³/mol. The normalized spacial score (nSPS) is 11.2. The SMILES string of the molecule is CNc1ncc(S(=O)(=O)Nc2c(F)cccc2Br)cc1Cl. The highest BCUT2D eigenvalue weighted by atomic mass is 79.9. The number of sulfonamides is 1. The molecule has 2 rings (SSSR count). The van der Waals surface area contributed by atoms with Gasteiger partial charge in [0.1, 0.15) is 16.5 Å². The lowest BCUT2D eigenvalue weighted by Gasteiger charge is -2.11. The number of para-hydroxylation sites is 1. The van der Waals surface area contributed by atoms with E-state index in [0.29, 0.717) is 5.82 Å². The van der Waals surface area contributed by atoms with E-state index in [0.717, 1.165) is 12.3 Å². The van der Waals surface area contributed by atoms with Gasteiger partial charge in [-0.2, -0.15) is 0 Å². The lowest BCUT2D eigenvalue weighted by Crippen LogP contribution is -2.15. The molecule has 1 aromatic carbocycles. The van der Waals surface area contributed by atoms with E-state index in [1.807, 2.05) is 0 Å². The van der Waals surface area contributed by atoms with Gasteiger partial charge in [0, 0.05) is 17.7 Å². The van der Waals surface area contributed by atoms with Gasteiger partial charge in [0.15, 0.2) is 0 Å². The Bertz CT molecular complexity index is 766. The molecule has 5 nitrogen and oxygen atoms in total. The Morgan fingerprint density at radius 2 is 2.10 bits per heavy atom. The van der Waals surface area contributed by atoms with E-state index in [1.165, 1.54) is 18.2 Å². The first-order valence-corrected chi connectivity index (χ1v) is 8.30. The van der Waals surface area contributed by atoms with Crippen LogP contribution in [0.4, 0.5) is 15.9 Å². The molecule has 1 aromatic heterocycles. The number of hydrogen-bond donors (Lipinski definition) is 2. The zero-order valence-corrected chi connectivity index (χ0v) is 13.9. The Kier molecular flexibility index (Phi) is 4.70. The van der Waals surface area contributed by atoms with E-state index in [4.69, 9.17) is 11.6 Å². The summed E-state index contributed by atoms with van der Waals surface area (Å²) < 4.78 is 40.6. The van der Waals surface area contributed by atoms with Gasteiger partial charge in [0.2, 0.25) is 0 Å². The number of benzene rings is 1. The molecular formula is C12H10BrClFN3O2S. The van der Waals surface area contributed by atoms with Gasteiger partial charge in [-0.05, 0) is 34.1 Å². The largest absolute Gasteiger partial charge is 0.372 e. The predicted octanol–water partition coefficient (Wildman–Crippen LogP) is 3.48. The van der Waals surface area contributed by atoms with Gasteiger partial charge in [0.05, 0.1) is 10.7 Å². The zero-order chi connectivity index (χ0) is 15.6. The molecule has 0 aliphatic rings. The molecule has 0 bridgehead atoms. The Morgan fingerprint density at radius 1 is 1.38 bits per heavy atom. The minimum Gasteiger partial charge on any atom is -0.372 e. The molecule has 0 saturated carbocycles. The second-order valence-electron chi connectivity index (χ2n) is 3.95. The molecule has 0 spiro atoms. The molecule has 0 radical (unpaired) electrons. The number of aromatic nitrogens is 1. The third kappa shape index (κ3) is 3.45. The van der Waals surface area contributed by atoms with Crippen molar-refractivity contribution in [1.29, 1.82) is 0 Å². The van der Waals surface area contributed by atoms with Crippen LogP contribution in [0.3, 0.4) is 0 Å². The molecule has 1 heterocycles. The van der Waals surface area contributed by atoms with Crippen LogP contribution in [0.25, 0.3) is 0 Å². The summed E-state index contributed by atoms with van der Waals surface area (Å²) in [5.41, 5.74) is -0.175. The summed E-state index contributed by atoms with van der Waals surface area (Å²) in [6.45, 7) is 0. The summed E-state index contributed by atoms with van der Waals surface area (Å²) in [4.78, 5) is 3.72. The smallest absolute Gasteiger partial charge is 0.263 e. The summed E-state index contributed by atoms with van der Waals surface area (Å²) in [7, 11) is -2.39. The van der Waals surface area contributed by atoms with Crippen LogP contribution in [0.5, 0.6) is 0 Å². The number of anilines is 2. The van der Waals surface area contributed by atoms with Crippen LogP contribution in [0, 0.1) is 5.82 Å². The summed E-state index contributed by atoms with van der Waals surface area (Å²) in [5.74, 6) is -0.346. The minimum atomic E-state index is -4.00. The Labute approximate surface area is 134 Å². The van der Waals surface area contributed by atoms with Gasteiger partial charge in [0.25, 0.3) is 10.0 Å². The van der Waals surface area contributed by atoms with Crippen molar-refractivity contribution in [1.82, 2.24) is 4.98 Å². The Morgan fingerprint density at radius 3 is 2.67 bits per heavy atom. The van der Waals surface area contributed by atoms with Crippen molar-refractivity contribution in [2.45, 2.75) is 4.90 Å². The van der Waals surface area contributed by atoms with Crippen molar-refractivity contribution >= 4 is 49.1 Å². The van der Waals surface area contributed by atoms with Gasteiger partial charge < -0.3 is 5.32 Å². The van der Waals surface area contributed by atoms with Crippen molar-refractivity contribution < 1.29 is 12.8 Å². The van der Waals surface area contributed by atoms with E-state index in [1.54, 1.807) is 7.05 Å². The Balaban J connectivity index is 2.41. The van der Waals surface area contributed by atoms with Gasteiger partial charge >= 0.3 is 0 Å². The van der Waals surface area contributed by atoms with Crippen molar-refractivity contribution in [3.8, 4) is 0 Å². The van der Waals surface area contributed by atoms with E-state index in [9.17, 15) is 12.8 Å². The average molecular weight is 395 g/mol. The minimum absolute atomic E-state index is 0.146. The lowest BCUT2D eigenvalue weighted by molar-refractivity contribution is 0.598. The van der Waals surface area contributed by atoms with Crippen molar-refractivity contribution in [3.63, 3.8) is 0 Å². The van der Waals surface area contributed by atoms with Crippen LogP contribution < -0.4 is 10.0 Å². The molecule has 0 amide bonds. The third-order valence-corrected chi connectivity index (χ3v) is 4.83. The fourth-order valence-electron chi connectivity index (χ4n) is 1.54. The number of nitrogens with one attached hydrogen (secondary N) is 2. The lowest BCUT2D eigenvalue weighted by atomic mass is 10.3. The summed E-state index contributed by atoms with van der Waals surface area (Å²) >= 11 is 8.99. The molecule has 0 unspecified atom stereocenters. The van der Waals surface area contributed by atoms with Gasteiger partial charge in [-0.3, -0.25) is 4.72 Å². The van der Waals surface area contributed by atoms with E-state index >= 15 is 0 Å². The zero-order valence-electron chi connectivity index (χ0n) is 10.7. The number of pyridine rings is 1. The number of hydrogen-bond acceptors (Lipinski definition) is 4. The van der Waals surface area contributed by atoms with Gasteiger partial charge in [-0.25, -0.2) is 17.8 Å². The molecule has 0 atom stereocenters. The summed E-state index contributed by atoms with van der Waals surface area (Å²) in [5, 5.41) is 2.86. The van der Waals surface area contributed by atoms with Gasteiger partial charge in [-0.1, -0.05) is 17.7 Å². The maximum absolute atomic E-state index is 13.7. The molecule has 2 N–H and O–H groups in total. The van der Waals surface area contributed by atoms with Crippen LogP contribution in [-0.2, 0) is 10.0 Å². The van der Waals surface area contributed by atoms with Crippen LogP contribution in [-0.4, -0.2) is 20.4 Å². The second kappa shape index (κ2) is 6.17. The Hall–Kier alpha value is -1.38. The highest BCUT2D eigenvalue weighted by Gasteiger charge is 2.19. The fraction of sp³-hybridized carbons (Fsp3) is 0.0833. The number of rotatable bonds is 4. The van der Waals surface area contributed by atoms with Crippen molar-refractivity contribution in [2.24, 2.45) is 0 Å². The molecule has 9 heteroatoms. The molecule has 0 fully saturated rings. The maximum Gasteiger partial charge on any atom is 0.263 e. The molecular weight excluding hydrogens is 385 g/mol. The monoisotopic (exact) mass is 393 g/mol.